The summed E-state index contributed by atoms with van der Waals surface area (Å²) in [7, 11) is 0. The standard InChI is InChI=1S/C39H42N8O2/c1-25-19-30(9-10-31(25)21-41-37(48)36-44-38(49-45-36)39(2,3)4)35-34-20-32(23-47(34)43-24-42-35)28-7-5-26(6-8-28)22-46-17-15-29(16-18-46)27-11-13-33(40)14-12-27/h5-14,19-20,23-24,29H,15-18,21-22,40H2,1-4H3,(H,41,48). The summed E-state index contributed by atoms with van der Waals surface area (Å²) in [5, 5.41) is 11.3. The summed E-state index contributed by atoms with van der Waals surface area (Å²) in [6.07, 6.45) is 5.98. The van der Waals surface area contributed by atoms with Gasteiger partial charge < -0.3 is 15.6 Å². The van der Waals surface area contributed by atoms with E-state index in [-0.39, 0.29) is 17.1 Å². The number of nitrogens with zero attached hydrogens (tertiary/aromatic N) is 6. The van der Waals surface area contributed by atoms with Crippen LogP contribution < -0.4 is 11.1 Å². The first-order valence-corrected chi connectivity index (χ1v) is 16.8. The molecule has 0 aliphatic carbocycles. The van der Waals surface area contributed by atoms with Crippen molar-refractivity contribution in [2.24, 2.45) is 0 Å². The van der Waals surface area contributed by atoms with E-state index in [1.807, 2.05) is 56.5 Å². The second-order valence-corrected chi connectivity index (χ2v) is 14.1. The van der Waals surface area contributed by atoms with E-state index in [1.165, 1.54) is 24.0 Å². The predicted octanol–water partition coefficient (Wildman–Crippen LogP) is 6.94. The normalized spacial score (nSPS) is 14.4. The van der Waals surface area contributed by atoms with Gasteiger partial charge in [0.15, 0.2) is 0 Å². The number of anilines is 1. The van der Waals surface area contributed by atoms with Crippen LogP contribution >= 0.6 is 0 Å². The number of aryl methyl sites for hydroxylation is 1. The van der Waals surface area contributed by atoms with E-state index < -0.39 is 0 Å². The summed E-state index contributed by atoms with van der Waals surface area (Å²) in [6.45, 7) is 11.4. The van der Waals surface area contributed by atoms with Crippen molar-refractivity contribution in [3.05, 3.63) is 119 Å². The molecule has 7 rings (SSSR count). The second-order valence-electron chi connectivity index (χ2n) is 14.1. The molecule has 0 bridgehead atoms. The molecule has 0 atom stereocenters. The van der Waals surface area contributed by atoms with E-state index in [4.69, 9.17) is 10.3 Å². The van der Waals surface area contributed by atoms with Gasteiger partial charge in [-0.05, 0) is 90.9 Å². The first-order chi connectivity index (χ1) is 23.6. The molecule has 3 aromatic heterocycles. The third kappa shape index (κ3) is 7.10. The van der Waals surface area contributed by atoms with Crippen molar-refractivity contribution >= 4 is 17.1 Å². The van der Waals surface area contributed by atoms with Crippen LogP contribution in [0.5, 0.6) is 0 Å². The highest BCUT2D eigenvalue weighted by molar-refractivity contribution is 5.90. The number of nitrogens with one attached hydrogen (secondary N) is 1. The lowest BCUT2D eigenvalue weighted by molar-refractivity contribution is 0.0937. The maximum Gasteiger partial charge on any atom is 0.292 e. The Bertz CT molecular complexity index is 2080. The van der Waals surface area contributed by atoms with Crippen molar-refractivity contribution in [2.75, 3.05) is 18.8 Å². The van der Waals surface area contributed by atoms with Crippen LogP contribution in [0.4, 0.5) is 5.69 Å². The fourth-order valence-corrected chi connectivity index (χ4v) is 6.48. The Labute approximate surface area is 286 Å². The molecule has 0 radical (unpaired) electrons. The molecule has 250 valence electrons. The number of hydrogen-bond donors (Lipinski definition) is 2. The quantitative estimate of drug-likeness (QED) is 0.169. The van der Waals surface area contributed by atoms with Gasteiger partial charge in [0.25, 0.3) is 11.7 Å². The molecule has 0 unspecified atom stereocenters. The van der Waals surface area contributed by atoms with Crippen LogP contribution in [0.3, 0.4) is 0 Å². The van der Waals surface area contributed by atoms with Gasteiger partial charge >= 0.3 is 0 Å². The van der Waals surface area contributed by atoms with Gasteiger partial charge in [0, 0.05) is 41.5 Å². The average Bonchev–Trinajstić information content (AvgIpc) is 3.78. The van der Waals surface area contributed by atoms with Gasteiger partial charge in [-0.15, -0.1) is 0 Å². The Kier molecular flexibility index (Phi) is 8.73. The number of carbonyl (C=O) groups is 1. The molecule has 1 aliphatic heterocycles. The fraction of sp³-hybridized carbons (Fsp3) is 0.308. The molecule has 4 heterocycles. The van der Waals surface area contributed by atoms with Crippen LogP contribution in [0.15, 0.2) is 89.8 Å². The average molecular weight is 655 g/mol. The Morgan fingerprint density at radius 2 is 1.69 bits per heavy atom. The zero-order valence-corrected chi connectivity index (χ0v) is 28.5. The third-order valence-electron chi connectivity index (χ3n) is 9.42. The van der Waals surface area contributed by atoms with E-state index in [2.05, 4.69) is 85.2 Å². The summed E-state index contributed by atoms with van der Waals surface area (Å²) >= 11 is 0. The van der Waals surface area contributed by atoms with Gasteiger partial charge in [-0.1, -0.05) is 74.5 Å². The molecular weight excluding hydrogens is 612 g/mol. The molecule has 10 nitrogen and oxygen atoms in total. The highest BCUT2D eigenvalue weighted by Gasteiger charge is 2.24. The van der Waals surface area contributed by atoms with Crippen molar-refractivity contribution in [3.63, 3.8) is 0 Å². The fourth-order valence-electron chi connectivity index (χ4n) is 6.48. The number of amides is 1. The zero-order valence-electron chi connectivity index (χ0n) is 28.5. The molecule has 3 N–H and O–H groups in total. The van der Waals surface area contributed by atoms with Gasteiger partial charge in [0.2, 0.25) is 5.89 Å². The number of likely N-dealkylation sites (tertiary alicyclic amines) is 1. The number of nitrogens with two attached hydrogens (primary N) is 1. The number of aromatic nitrogens is 5. The number of rotatable bonds is 8. The second kappa shape index (κ2) is 13.3. The lowest BCUT2D eigenvalue weighted by Gasteiger charge is -2.32. The highest BCUT2D eigenvalue weighted by Crippen LogP contribution is 2.31. The van der Waals surface area contributed by atoms with E-state index in [0.717, 1.165) is 64.3 Å². The Balaban J connectivity index is 0.998. The molecule has 0 saturated carbocycles. The van der Waals surface area contributed by atoms with Crippen molar-refractivity contribution in [1.82, 2.24) is 35.0 Å². The topological polar surface area (TPSA) is 127 Å². The third-order valence-corrected chi connectivity index (χ3v) is 9.42. The van der Waals surface area contributed by atoms with Crippen molar-refractivity contribution in [2.45, 2.75) is 65.0 Å². The molecule has 1 amide bonds. The molecule has 3 aromatic carbocycles. The minimum absolute atomic E-state index is 0.0346. The Morgan fingerprint density at radius 3 is 2.39 bits per heavy atom. The molecule has 1 aliphatic rings. The zero-order chi connectivity index (χ0) is 34.1. The molecule has 1 saturated heterocycles. The van der Waals surface area contributed by atoms with E-state index in [9.17, 15) is 4.79 Å². The van der Waals surface area contributed by atoms with Gasteiger partial charge in [-0.3, -0.25) is 9.69 Å². The van der Waals surface area contributed by atoms with Crippen LogP contribution in [0, 0.1) is 6.92 Å². The van der Waals surface area contributed by atoms with Crippen LogP contribution in [-0.2, 0) is 18.5 Å². The smallest absolute Gasteiger partial charge is 0.292 e. The summed E-state index contributed by atoms with van der Waals surface area (Å²) < 4.78 is 7.15. The van der Waals surface area contributed by atoms with Crippen LogP contribution in [0.1, 0.15) is 78.3 Å². The summed E-state index contributed by atoms with van der Waals surface area (Å²) in [5.74, 6) is 0.700. The number of benzene rings is 3. The SMILES string of the molecule is Cc1cc(-c2ncnn3cc(-c4ccc(CN5CCC(c6ccc(N)cc6)CC5)cc4)cc23)ccc1CNC(=O)c1noc(C(C)(C)C)n1. The van der Waals surface area contributed by atoms with Gasteiger partial charge in [-0.25, -0.2) is 9.50 Å². The Hall–Kier alpha value is -5.35. The van der Waals surface area contributed by atoms with Crippen LogP contribution in [-0.4, -0.2) is 48.6 Å². The predicted molar refractivity (Wildman–Crippen MR) is 191 cm³/mol. The van der Waals surface area contributed by atoms with Crippen molar-refractivity contribution < 1.29 is 9.32 Å². The van der Waals surface area contributed by atoms with E-state index in [1.54, 1.807) is 6.33 Å². The molecule has 6 aromatic rings. The van der Waals surface area contributed by atoms with Crippen molar-refractivity contribution in [3.8, 4) is 22.4 Å². The number of hydrogen-bond acceptors (Lipinski definition) is 8. The van der Waals surface area contributed by atoms with Crippen molar-refractivity contribution in [1.29, 1.82) is 0 Å². The number of nitrogen functional groups attached to an aromatic ring is 1. The molecule has 49 heavy (non-hydrogen) atoms. The highest BCUT2D eigenvalue weighted by atomic mass is 16.5. The monoisotopic (exact) mass is 654 g/mol. The molecule has 0 spiro atoms. The minimum atomic E-state index is -0.371. The van der Waals surface area contributed by atoms with Crippen LogP contribution in [0.25, 0.3) is 27.9 Å². The van der Waals surface area contributed by atoms with Gasteiger partial charge in [0.1, 0.15) is 6.33 Å². The molecular formula is C39H42N8O2. The number of carbonyl (C=O) groups excluding carboxylic acids is 1. The minimum Gasteiger partial charge on any atom is -0.399 e. The largest absolute Gasteiger partial charge is 0.399 e. The molecule has 10 heteroatoms. The van der Waals surface area contributed by atoms with Gasteiger partial charge in [0.05, 0.1) is 11.2 Å². The molecule has 1 fully saturated rings. The Morgan fingerprint density at radius 1 is 0.959 bits per heavy atom. The van der Waals surface area contributed by atoms with E-state index >= 15 is 0 Å². The maximum absolute atomic E-state index is 12.7. The number of piperidine rings is 1. The maximum atomic E-state index is 12.7. The summed E-state index contributed by atoms with van der Waals surface area (Å²) in [4.78, 5) is 24.1. The van der Waals surface area contributed by atoms with Gasteiger partial charge in [-0.2, -0.15) is 10.1 Å². The van der Waals surface area contributed by atoms with Crippen LogP contribution in [0.2, 0.25) is 0 Å². The summed E-state index contributed by atoms with van der Waals surface area (Å²) in [5.41, 5.74) is 16.1. The number of fused-ring (bicyclic) bond motifs is 1. The summed E-state index contributed by atoms with van der Waals surface area (Å²) in [6, 6.07) is 25.5. The first-order valence-electron chi connectivity index (χ1n) is 16.8. The first kappa shape index (κ1) is 32.2. The van der Waals surface area contributed by atoms with E-state index in [0.29, 0.717) is 18.4 Å². The lowest BCUT2D eigenvalue weighted by atomic mass is 9.89. The lowest BCUT2D eigenvalue weighted by Crippen LogP contribution is -2.32.